The van der Waals surface area contributed by atoms with Gasteiger partial charge in [-0.15, -0.1) is 11.6 Å². The molecule has 1 nitrogen and oxygen atoms in total. The fourth-order valence-corrected chi connectivity index (χ4v) is 2.33. The van der Waals surface area contributed by atoms with Crippen LogP contribution in [0.5, 0.6) is 5.75 Å². The largest absolute Gasteiger partial charge is 0.497 e. The number of thioether (sulfide) groups is 1. The van der Waals surface area contributed by atoms with Crippen molar-refractivity contribution in [3.8, 4) is 5.75 Å². The molecule has 0 saturated carbocycles. The summed E-state index contributed by atoms with van der Waals surface area (Å²) >= 11 is 7.65. The second-order valence-corrected chi connectivity index (χ2v) is 5.29. The third-order valence-electron chi connectivity index (χ3n) is 2.17. The first-order valence-corrected chi connectivity index (χ1v) is 6.65. The van der Waals surface area contributed by atoms with Crippen molar-refractivity contribution in [3.63, 3.8) is 0 Å². The smallest absolute Gasteiger partial charge is 0.118 e. The molecular formula is C12H17ClOS. The number of alkyl halides is 1. The van der Waals surface area contributed by atoms with Crippen molar-refractivity contribution in [3.05, 3.63) is 29.8 Å². The molecule has 0 fully saturated rings. The van der Waals surface area contributed by atoms with E-state index in [-0.39, 0.29) is 0 Å². The van der Waals surface area contributed by atoms with Gasteiger partial charge in [0.15, 0.2) is 0 Å². The van der Waals surface area contributed by atoms with Gasteiger partial charge in [0.25, 0.3) is 0 Å². The van der Waals surface area contributed by atoms with Gasteiger partial charge < -0.3 is 4.74 Å². The Balaban J connectivity index is 2.31. The average Bonchev–Trinajstić information content (AvgIpc) is 2.29. The van der Waals surface area contributed by atoms with Crippen molar-refractivity contribution >= 4 is 23.4 Å². The van der Waals surface area contributed by atoms with Gasteiger partial charge in [0.05, 0.1) is 7.11 Å². The molecule has 3 heteroatoms. The summed E-state index contributed by atoms with van der Waals surface area (Å²) in [7, 11) is 1.69. The lowest BCUT2D eigenvalue weighted by atomic mass is 10.2. The maximum Gasteiger partial charge on any atom is 0.118 e. The summed E-state index contributed by atoms with van der Waals surface area (Å²) < 4.78 is 5.11. The Labute approximate surface area is 101 Å². The van der Waals surface area contributed by atoms with Crippen LogP contribution in [0.2, 0.25) is 0 Å². The summed E-state index contributed by atoms with van der Waals surface area (Å²) in [5.41, 5.74) is 1.35. The van der Waals surface area contributed by atoms with Gasteiger partial charge in [-0.1, -0.05) is 19.1 Å². The molecule has 0 aliphatic rings. The first kappa shape index (κ1) is 12.7. The zero-order valence-electron chi connectivity index (χ0n) is 9.20. The van der Waals surface area contributed by atoms with Gasteiger partial charge in [0.1, 0.15) is 5.75 Å². The van der Waals surface area contributed by atoms with E-state index in [1.807, 2.05) is 23.9 Å². The van der Waals surface area contributed by atoms with E-state index >= 15 is 0 Å². The molecule has 0 spiro atoms. The second kappa shape index (κ2) is 7.02. The highest BCUT2D eigenvalue weighted by Crippen LogP contribution is 2.16. The minimum atomic E-state index is 0.546. The highest BCUT2D eigenvalue weighted by molar-refractivity contribution is 7.99. The van der Waals surface area contributed by atoms with Gasteiger partial charge in [0.2, 0.25) is 0 Å². The summed E-state index contributed by atoms with van der Waals surface area (Å²) in [5.74, 6) is 2.77. The molecule has 1 aromatic carbocycles. The van der Waals surface area contributed by atoms with E-state index in [4.69, 9.17) is 16.3 Å². The minimum absolute atomic E-state index is 0.546. The summed E-state index contributed by atoms with van der Waals surface area (Å²) in [5, 5.41) is 0.546. The molecular weight excluding hydrogens is 228 g/mol. The highest BCUT2D eigenvalue weighted by atomic mass is 35.5. The van der Waals surface area contributed by atoms with Crippen molar-refractivity contribution in [1.82, 2.24) is 0 Å². The monoisotopic (exact) mass is 244 g/mol. The van der Waals surface area contributed by atoms with Gasteiger partial charge in [0, 0.05) is 11.1 Å². The van der Waals surface area contributed by atoms with Crippen LogP contribution < -0.4 is 4.74 Å². The van der Waals surface area contributed by atoms with Crippen LogP contribution in [-0.4, -0.2) is 24.0 Å². The molecule has 0 radical (unpaired) electrons. The van der Waals surface area contributed by atoms with Crippen molar-refractivity contribution in [2.24, 2.45) is 0 Å². The average molecular weight is 245 g/mol. The fraction of sp³-hybridized carbons (Fsp3) is 0.500. The van der Waals surface area contributed by atoms with Gasteiger partial charge >= 0.3 is 0 Å². The third-order valence-corrected chi connectivity index (χ3v) is 3.99. The Morgan fingerprint density at radius 3 is 2.53 bits per heavy atom. The van der Waals surface area contributed by atoms with Gasteiger partial charge in [-0.2, -0.15) is 11.8 Å². The number of hydrogen-bond donors (Lipinski definition) is 0. The molecule has 15 heavy (non-hydrogen) atoms. The van der Waals surface area contributed by atoms with Crippen molar-refractivity contribution < 1.29 is 4.74 Å². The van der Waals surface area contributed by atoms with Crippen LogP contribution in [-0.2, 0) is 6.42 Å². The van der Waals surface area contributed by atoms with E-state index in [0.29, 0.717) is 5.25 Å². The number of hydrogen-bond acceptors (Lipinski definition) is 2. The highest BCUT2D eigenvalue weighted by Gasteiger charge is 2.00. The third kappa shape index (κ3) is 4.80. The molecule has 0 amide bonds. The lowest BCUT2D eigenvalue weighted by molar-refractivity contribution is 0.414. The molecule has 0 saturated heterocycles. The Kier molecular flexibility index (Phi) is 5.96. The quantitative estimate of drug-likeness (QED) is 0.708. The van der Waals surface area contributed by atoms with Crippen LogP contribution in [0.4, 0.5) is 0 Å². The molecule has 0 bridgehead atoms. The molecule has 0 N–H and O–H groups in total. The second-order valence-electron chi connectivity index (χ2n) is 3.43. The zero-order chi connectivity index (χ0) is 11.1. The van der Waals surface area contributed by atoms with Crippen LogP contribution in [0, 0.1) is 0 Å². The van der Waals surface area contributed by atoms with Gasteiger partial charge in [-0.05, 0) is 29.9 Å². The summed E-state index contributed by atoms with van der Waals surface area (Å²) in [6.07, 6.45) is 1.09. The molecule has 0 aromatic heterocycles. The van der Waals surface area contributed by atoms with Crippen LogP contribution in [0.25, 0.3) is 0 Å². The Hall–Kier alpha value is -0.340. The van der Waals surface area contributed by atoms with Crippen LogP contribution >= 0.6 is 23.4 Å². The predicted molar refractivity (Wildman–Crippen MR) is 69.3 cm³/mol. The SMILES string of the molecule is COc1ccc(CCSC(C)CCl)cc1. The molecule has 1 rings (SSSR count). The number of rotatable bonds is 6. The Morgan fingerprint density at radius 2 is 2.00 bits per heavy atom. The molecule has 0 aliphatic heterocycles. The van der Waals surface area contributed by atoms with Crippen LogP contribution in [0.3, 0.4) is 0 Å². The predicted octanol–water partition coefficient (Wildman–Crippen LogP) is 3.60. The molecule has 1 aromatic rings. The molecule has 84 valence electrons. The van der Waals surface area contributed by atoms with Crippen LogP contribution in [0.15, 0.2) is 24.3 Å². The number of aryl methyl sites for hydroxylation is 1. The normalized spacial score (nSPS) is 12.5. The first-order chi connectivity index (χ1) is 7.26. The van der Waals surface area contributed by atoms with Crippen LogP contribution in [0.1, 0.15) is 12.5 Å². The molecule has 1 atom stereocenters. The topological polar surface area (TPSA) is 9.23 Å². The van der Waals surface area contributed by atoms with Crippen molar-refractivity contribution in [1.29, 1.82) is 0 Å². The summed E-state index contributed by atoms with van der Waals surface area (Å²) in [6, 6.07) is 8.24. The maximum atomic E-state index is 5.74. The van der Waals surface area contributed by atoms with E-state index in [2.05, 4.69) is 19.1 Å². The van der Waals surface area contributed by atoms with E-state index < -0.39 is 0 Å². The van der Waals surface area contributed by atoms with Gasteiger partial charge in [-0.25, -0.2) is 0 Å². The number of methoxy groups -OCH3 is 1. The molecule has 0 heterocycles. The number of benzene rings is 1. The Bertz CT molecular complexity index is 273. The summed E-state index contributed by atoms with van der Waals surface area (Å²) in [6.45, 7) is 2.16. The van der Waals surface area contributed by atoms with E-state index in [1.54, 1.807) is 7.11 Å². The van der Waals surface area contributed by atoms with Crippen molar-refractivity contribution in [2.75, 3.05) is 18.7 Å². The molecule has 1 unspecified atom stereocenters. The Morgan fingerprint density at radius 1 is 1.33 bits per heavy atom. The number of ether oxygens (including phenoxy) is 1. The zero-order valence-corrected chi connectivity index (χ0v) is 10.8. The lowest BCUT2D eigenvalue weighted by Crippen LogP contribution is -2.00. The van der Waals surface area contributed by atoms with E-state index in [0.717, 1.165) is 23.8 Å². The van der Waals surface area contributed by atoms with E-state index in [9.17, 15) is 0 Å². The van der Waals surface area contributed by atoms with E-state index in [1.165, 1.54) is 5.56 Å². The number of halogens is 1. The fourth-order valence-electron chi connectivity index (χ4n) is 1.21. The first-order valence-electron chi connectivity index (χ1n) is 5.06. The maximum absolute atomic E-state index is 5.74. The minimum Gasteiger partial charge on any atom is -0.497 e. The molecule has 0 aliphatic carbocycles. The lowest BCUT2D eigenvalue weighted by Gasteiger charge is -2.07. The standard InChI is InChI=1S/C12H17ClOS/c1-10(9-13)15-8-7-11-3-5-12(14-2)6-4-11/h3-6,10H,7-9H2,1-2H3. The van der Waals surface area contributed by atoms with Gasteiger partial charge in [-0.3, -0.25) is 0 Å². The van der Waals surface area contributed by atoms with Crippen molar-refractivity contribution in [2.45, 2.75) is 18.6 Å². The summed E-state index contributed by atoms with van der Waals surface area (Å²) in [4.78, 5) is 0.